The molecule has 5 heteroatoms. The van der Waals surface area contributed by atoms with Gasteiger partial charge < -0.3 is 0 Å². The minimum Gasteiger partial charge on any atom is -0.247 e. The molecule has 0 aliphatic heterocycles. The van der Waals surface area contributed by atoms with Gasteiger partial charge in [-0.2, -0.15) is 0 Å². The van der Waals surface area contributed by atoms with Crippen molar-refractivity contribution in [3.8, 4) is 112 Å². The molecule has 0 spiro atoms. The second kappa shape index (κ2) is 24.0. The Balaban J connectivity index is 0.000000145. The molecule has 0 atom stereocenters. The van der Waals surface area contributed by atoms with E-state index in [0.29, 0.717) is 17.5 Å². The molecular formula is C97H67N5. The van der Waals surface area contributed by atoms with Crippen molar-refractivity contribution in [2.75, 3.05) is 0 Å². The van der Waals surface area contributed by atoms with Crippen molar-refractivity contribution >= 4 is 64.9 Å². The van der Waals surface area contributed by atoms with Crippen LogP contribution in [0.1, 0.15) is 49.9 Å². The van der Waals surface area contributed by atoms with Crippen LogP contribution in [0.4, 0.5) is 0 Å². The topological polar surface area (TPSA) is 64.5 Å². The predicted molar refractivity (Wildman–Crippen MR) is 426 cm³/mol. The van der Waals surface area contributed by atoms with Crippen LogP contribution in [0.15, 0.2) is 334 Å². The number of hydrogen-bond acceptors (Lipinski definition) is 5. The van der Waals surface area contributed by atoms with Crippen LogP contribution < -0.4 is 0 Å². The monoisotopic (exact) mass is 1300 g/mol. The van der Waals surface area contributed by atoms with Crippen molar-refractivity contribution in [3.63, 3.8) is 0 Å². The largest absolute Gasteiger partial charge is 0.247 e. The maximum Gasteiger partial charge on any atom is 0.164 e. The molecule has 3 aromatic heterocycles. The van der Waals surface area contributed by atoms with Crippen molar-refractivity contribution in [1.29, 1.82) is 0 Å². The van der Waals surface area contributed by atoms with Crippen LogP contribution in [0.5, 0.6) is 0 Å². The molecular weight excluding hydrogens is 1240 g/mol. The van der Waals surface area contributed by atoms with Crippen LogP contribution in [0, 0.1) is 0 Å². The zero-order valence-electron chi connectivity index (χ0n) is 57.0. The van der Waals surface area contributed by atoms with Crippen molar-refractivity contribution in [2.45, 2.75) is 38.5 Å². The van der Waals surface area contributed by atoms with Gasteiger partial charge in [-0.3, -0.25) is 0 Å². The van der Waals surface area contributed by atoms with E-state index in [-0.39, 0.29) is 10.8 Å². The fourth-order valence-corrected chi connectivity index (χ4v) is 16.4. The number of benzene rings is 15. The number of fused-ring (bicyclic) bond motifs is 14. The summed E-state index contributed by atoms with van der Waals surface area (Å²) in [7, 11) is 0. The van der Waals surface area contributed by atoms with Gasteiger partial charge in [-0.05, 0) is 157 Å². The first-order chi connectivity index (χ1) is 50.1. The fraction of sp³-hybridized carbons (Fsp3) is 0.0619. The molecule has 102 heavy (non-hydrogen) atoms. The van der Waals surface area contributed by atoms with Gasteiger partial charge in [0.1, 0.15) is 0 Å². The first-order valence-electron chi connectivity index (χ1n) is 35.2. The van der Waals surface area contributed by atoms with Crippen LogP contribution >= 0.6 is 0 Å². The lowest BCUT2D eigenvalue weighted by atomic mass is 9.78. The van der Waals surface area contributed by atoms with Crippen LogP contribution in [-0.4, -0.2) is 24.9 Å². The number of hydrogen-bond donors (Lipinski definition) is 0. The lowest BCUT2D eigenvalue weighted by Crippen LogP contribution is -2.16. The summed E-state index contributed by atoms with van der Waals surface area (Å²) < 4.78 is 0. The molecule has 18 aromatic rings. The molecule has 480 valence electrons. The smallest absolute Gasteiger partial charge is 0.164 e. The molecule has 0 amide bonds. The average molecular weight is 1300 g/mol. The maximum absolute atomic E-state index is 5.37. The third-order valence-corrected chi connectivity index (χ3v) is 21.5. The van der Waals surface area contributed by atoms with Crippen molar-refractivity contribution in [3.05, 3.63) is 356 Å². The molecule has 3 heterocycles. The van der Waals surface area contributed by atoms with E-state index >= 15 is 0 Å². The first-order valence-corrected chi connectivity index (χ1v) is 35.2. The Morgan fingerprint density at radius 2 is 0.510 bits per heavy atom. The Morgan fingerprint density at radius 1 is 0.216 bits per heavy atom. The molecule has 0 bridgehead atoms. The Hall–Kier alpha value is -12.8. The van der Waals surface area contributed by atoms with E-state index in [0.717, 1.165) is 49.9 Å². The van der Waals surface area contributed by atoms with Gasteiger partial charge >= 0.3 is 0 Å². The van der Waals surface area contributed by atoms with E-state index in [1.54, 1.807) is 0 Å². The van der Waals surface area contributed by atoms with Gasteiger partial charge in [0.15, 0.2) is 17.5 Å². The Morgan fingerprint density at radius 3 is 0.922 bits per heavy atom. The van der Waals surface area contributed by atoms with E-state index in [4.69, 9.17) is 24.9 Å². The lowest BCUT2D eigenvalue weighted by molar-refractivity contribution is 0.661. The molecule has 0 saturated heterocycles. The molecule has 0 N–H and O–H groups in total. The second-order valence-corrected chi connectivity index (χ2v) is 28.2. The molecule has 5 nitrogen and oxygen atoms in total. The van der Waals surface area contributed by atoms with Gasteiger partial charge in [0.05, 0.1) is 22.4 Å². The van der Waals surface area contributed by atoms with Gasteiger partial charge in [0.2, 0.25) is 0 Å². The summed E-state index contributed by atoms with van der Waals surface area (Å²) in [6.45, 7) is 9.40. The highest BCUT2D eigenvalue weighted by atomic mass is 15.0. The lowest BCUT2D eigenvalue weighted by Gasteiger charge is -2.25. The number of aromatic nitrogens is 5. The van der Waals surface area contributed by atoms with Crippen LogP contribution in [0.3, 0.4) is 0 Å². The average Bonchev–Trinajstić information content (AvgIpc) is 1.53. The third-order valence-electron chi connectivity index (χ3n) is 21.5. The summed E-state index contributed by atoms with van der Waals surface area (Å²) in [5, 5.41) is 12.2. The molecule has 2 aliphatic carbocycles. The molecule has 15 aromatic carbocycles. The summed E-state index contributed by atoms with van der Waals surface area (Å²) in [6.07, 6.45) is 0. The minimum absolute atomic E-state index is 0.172. The number of nitrogens with zero attached hydrogens (tertiary/aromatic N) is 5. The molecule has 0 fully saturated rings. The number of rotatable bonds is 8. The molecule has 2 aliphatic rings. The van der Waals surface area contributed by atoms with Crippen LogP contribution in [0.2, 0.25) is 0 Å². The van der Waals surface area contributed by atoms with Crippen molar-refractivity contribution in [1.82, 2.24) is 24.9 Å². The highest BCUT2D eigenvalue weighted by Crippen LogP contribution is 2.56. The summed E-state index contributed by atoms with van der Waals surface area (Å²) >= 11 is 0. The fourth-order valence-electron chi connectivity index (χ4n) is 16.4. The number of pyridine rings is 2. The summed E-state index contributed by atoms with van der Waals surface area (Å²) in [5.41, 5.74) is 26.8. The molecule has 0 saturated carbocycles. The van der Waals surface area contributed by atoms with Crippen molar-refractivity contribution < 1.29 is 0 Å². The van der Waals surface area contributed by atoms with Crippen LogP contribution in [-0.2, 0) is 10.8 Å². The van der Waals surface area contributed by atoms with Crippen LogP contribution in [0.25, 0.3) is 177 Å². The normalized spacial score (nSPS) is 13.1. The second-order valence-electron chi connectivity index (χ2n) is 28.2. The van der Waals surface area contributed by atoms with Crippen molar-refractivity contribution in [2.24, 2.45) is 0 Å². The van der Waals surface area contributed by atoms with Gasteiger partial charge in [-0.25, -0.2) is 24.9 Å². The predicted octanol–water partition coefficient (Wildman–Crippen LogP) is 25.2. The quantitative estimate of drug-likeness (QED) is 0.142. The molecule has 0 unspecified atom stereocenters. The summed E-state index contributed by atoms with van der Waals surface area (Å²) in [5.74, 6) is 1.96. The maximum atomic E-state index is 5.37. The Kier molecular flexibility index (Phi) is 14.2. The van der Waals surface area contributed by atoms with Gasteiger partial charge in [0, 0.05) is 49.4 Å². The molecule has 20 rings (SSSR count). The Bertz CT molecular complexity index is 6340. The summed E-state index contributed by atoms with van der Waals surface area (Å²) in [4.78, 5) is 25.5. The highest BCUT2D eigenvalue weighted by Gasteiger charge is 2.41. The van der Waals surface area contributed by atoms with Gasteiger partial charge in [0.25, 0.3) is 0 Å². The highest BCUT2D eigenvalue weighted by molar-refractivity contribution is 6.17. The van der Waals surface area contributed by atoms with E-state index in [9.17, 15) is 0 Å². The van der Waals surface area contributed by atoms with E-state index in [1.165, 1.54) is 132 Å². The minimum atomic E-state index is -0.206. The first kappa shape index (κ1) is 60.4. The zero-order valence-corrected chi connectivity index (χ0v) is 57.0. The van der Waals surface area contributed by atoms with E-state index in [1.807, 2.05) is 60.7 Å². The standard InChI is InChI=1S/C53H36N4.C44H31N/c1-53(2)44-20-12-11-19-43(44)49-48(53)46(47-42-18-10-9-13-34(42)29-30-45(47)54-49)35-23-21-33(22-24-35)38-25-26-40-32-41(28-27-39(40)31-38)52-56-50(36-14-5-3-6-15-36)55-51(57-52)37-16-7-4-8-17-37;1-44(2)38-15-9-8-14-37(38)43-42(44)40(41-36-13-7-6-12-30(36)24-25-39(41)45-43)31-18-16-29(17-19-31)33-21-23-34-26-32(20-22-35(34)27-33)28-10-4-3-5-11-28/h3-32H,1-2H3;3-27H,1-2H3. The SMILES string of the molecule is CC1(C)c2ccccc2-c2nc3ccc4ccccc4c3c(-c3ccc(-c4ccc5cc(-c6ccccc6)ccc5c4)cc3)c21.CC1(C)c2ccccc2-c2nc3ccc4ccccc4c3c(-c3ccc(-c4ccc5cc(-c6nc(-c7ccccc7)nc(-c7ccccc7)n6)ccc5c4)cc3)c21. The molecule has 0 radical (unpaired) electrons. The van der Waals surface area contributed by atoms with Gasteiger partial charge in [-0.1, -0.05) is 325 Å². The zero-order chi connectivity index (χ0) is 68.2. The Labute approximate surface area is 592 Å². The van der Waals surface area contributed by atoms with E-state index in [2.05, 4.69) is 301 Å². The van der Waals surface area contributed by atoms with E-state index < -0.39 is 0 Å². The van der Waals surface area contributed by atoms with Gasteiger partial charge in [-0.15, -0.1) is 0 Å². The summed E-state index contributed by atoms with van der Waals surface area (Å²) in [6, 6.07) is 120. The third kappa shape index (κ3) is 10.1.